The Morgan fingerprint density at radius 3 is 2.26 bits per heavy atom. The van der Waals surface area contributed by atoms with Crippen molar-refractivity contribution in [3.05, 3.63) is 77.1 Å². The van der Waals surface area contributed by atoms with Crippen LogP contribution in [0.2, 0.25) is 0 Å². The van der Waals surface area contributed by atoms with Crippen LogP contribution in [0.1, 0.15) is 50.8 Å². The molecule has 0 unspecified atom stereocenters. The van der Waals surface area contributed by atoms with E-state index in [1.165, 1.54) is 40.5 Å². The van der Waals surface area contributed by atoms with Gasteiger partial charge in [0.2, 0.25) is 17.7 Å². The van der Waals surface area contributed by atoms with Gasteiger partial charge < -0.3 is 10.6 Å². The molecule has 0 saturated carbocycles. The highest BCUT2D eigenvalue weighted by Gasteiger charge is 2.34. The summed E-state index contributed by atoms with van der Waals surface area (Å²) in [5.41, 5.74) is 1.40. The van der Waals surface area contributed by atoms with Crippen LogP contribution in [0, 0.1) is 12.7 Å². The fraction of sp³-hybridized carbons (Fsp3) is 0.308. The Morgan fingerprint density at radius 2 is 1.69 bits per heavy atom. The Labute approximate surface area is 208 Å². The lowest BCUT2D eigenvalue weighted by Crippen LogP contribution is -2.49. The SMILES string of the molecule is Cc1ccc([C@@H](C(=O)NC(C)(C)C)N(C(=O)CCC(=O)Nc2nccs2)c2ccc(F)cc2)cc1. The molecule has 1 atom stereocenters. The molecular formula is C26H29FN4O3S. The maximum Gasteiger partial charge on any atom is 0.248 e. The van der Waals surface area contributed by atoms with Gasteiger partial charge in [0.15, 0.2) is 5.13 Å². The maximum absolute atomic E-state index is 13.7. The molecular weight excluding hydrogens is 467 g/mol. The molecule has 2 N–H and O–H groups in total. The third kappa shape index (κ3) is 7.45. The van der Waals surface area contributed by atoms with E-state index in [4.69, 9.17) is 0 Å². The molecule has 0 spiro atoms. The number of aromatic nitrogens is 1. The highest BCUT2D eigenvalue weighted by atomic mass is 32.1. The highest BCUT2D eigenvalue weighted by molar-refractivity contribution is 7.13. The first kappa shape index (κ1) is 26.0. The summed E-state index contributed by atoms with van der Waals surface area (Å²) in [6, 6.07) is 11.7. The molecule has 0 aliphatic carbocycles. The van der Waals surface area contributed by atoms with Gasteiger partial charge in [-0.1, -0.05) is 29.8 Å². The van der Waals surface area contributed by atoms with Crippen molar-refractivity contribution in [3.8, 4) is 0 Å². The minimum atomic E-state index is -1.02. The number of thiazole rings is 1. The summed E-state index contributed by atoms with van der Waals surface area (Å²) in [7, 11) is 0. The zero-order valence-corrected chi connectivity index (χ0v) is 21.0. The number of anilines is 2. The number of nitrogens with one attached hydrogen (secondary N) is 2. The van der Waals surface area contributed by atoms with Gasteiger partial charge in [-0.05, 0) is 57.5 Å². The van der Waals surface area contributed by atoms with Crippen LogP contribution in [-0.2, 0) is 14.4 Å². The zero-order valence-electron chi connectivity index (χ0n) is 20.2. The van der Waals surface area contributed by atoms with Gasteiger partial charge in [0, 0.05) is 35.6 Å². The van der Waals surface area contributed by atoms with E-state index in [2.05, 4.69) is 15.6 Å². The average molecular weight is 497 g/mol. The monoisotopic (exact) mass is 496 g/mol. The van der Waals surface area contributed by atoms with E-state index < -0.39 is 23.3 Å². The van der Waals surface area contributed by atoms with Gasteiger partial charge in [-0.3, -0.25) is 19.3 Å². The van der Waals surface area contributed by atoms with Gasteiger partial charge in [0.25, 0.3) is 0 Å². The quantitative estimate of drug-likeness (QED) is 0.459. The predicted molar refractivity (Wildman–Crippen MR) is 136 cm³/mol. The van der Waals surface area contributed by atoms with Gasteiger partial charge in [0.05, 0.1) is 0 Å². The second-order valence-electron chi connectivity index (χ2n) is 9.18. The third-order valence-corrected chi connectivity index (χ3v) is 5.70. The van der Waals surface area contributed by atoms with Crippen LogP contribution in [0.3, 0.4) is 0 Å². The fourth-order valence-electron chi connectivity index (χ4n) is 3.45. The summed E-state index contributed by atoms with van der Waals surface area (Å²) in [6.45, 7) is 7.48. The predicted octanol–water partition coefficient (Wildman–Crippen LogP) is 5.00. The Balaban J connectivity index is 1.95. The van der Waals surface area contributed by atoms with Crippen molar-refractivity contribution in [3.63, 3.8) is 0 Å². The van der Waals surface area contributed by atoms with Crippen LogP contribution >= 0.6 is 11.3 Å². The number of hydrogen-bond donors (Lipinski definition) is 2. The third-order valence-electron chi connectivity index (χ3n) is 5.02. The number of amides is 3. The summed E-state index contributed by atoms with van der Waals surface area (Å²) in [5, 5.41) is 7.78. The van der Waals surface area contributed by atoms with Crippen LogP contribution in [-0.4, -0.2) is 28.2 Å². The molecule has 0 saturated heterocycles. The number of carbonyl (C=O) groups is 3. The van der Waals surface area contributed by atoms with Gasteiger partial charge >= 0.3 is 0 Å². The lowest BCUT2D eigenvalue weighted by Gasteiger charge is -2.34. The second kappa shape index (κ2) is 11.2. The topological polar surface area (TPSA) is 91.4 Å². The molecule has 1 aromatic heterocycles. The fourth-order valence-corrected chi connectivity index (χ4v) is 4.00. The summed E-state index contributed by atoms with van der Waals surface area (Å²) in [4.78, 5) is 44.8. The van der Waals surface area contributed by atoms with E-state index in [0.29, 0.717) is 16.4 Å². The zero-order chi connectivity index (χ0) is 25.6. The van der Waals surface area contributed by atoms with E-state index in [1.54, 1.807) is 23.7 Å². The molecule has 9 heteroatoms. The first-order valence-corrected chi connectivity index (χ1v) is 12.1. The molecule has 3 amide bonds. The number of rotatable bonds is 8. The van der Waals surface area contributed by atoms with E-state index in [0.717, 1.165) is 5.56 Å². The van der Waals surface area contributed by atoms with Crippen molar-refractivity contribution >= 4 is 39.9 Å². The maximum atomic E-state index is 13.7. The Kier molecular flexibility index (Phi) is 8.34. The molecule has 7 nitrogen and oxygen atoms in total. The molecule has 0 radical (unpaired) electrons. The Bertz CT molecular complexity index is 1160. The molecule has 35 heavy (non-hydrogen) atoms. The van der Waals surface area contributed by atoms with Crippen molar-refractivity contribution in [2.24, 2.45) is 0 Å². The van der Waals surface area contributed by atoms with Gasteiger partial charge in [-0.2, -0.15) is 0 Å². The normalized spacial score (nSPS) is 12.0. The number of hydrogen-bond acceptors (Lipinski definition) is 5. The van der Waals surface area contributed by atoms with Gasteiger partial charge in [-0.15, -0.1) is 11.3 Å². The van der Waals surface area contributed by atoms with E-state index in [9.17, 15) is 18.8 Å². The molecule has 0 aliphatic rings. The lowest BCUT2D eigenvalue weighted by atomic mass is 9.99. The number of halogens is 1. The van der Waals surface area contributed by atoms with E-state index in [1.807, 2.05) is 39.8 Å². The number of benzene rings is 2. The van der Waals surface area contributed by atoms with Crippen molar-refractivity contribution in [2.75, 3.05) is 10.2 Å². The summed E-state index contributed by atoms with van der Waals surface area (Å²) in [5.74, 6) is -1.65. The lowest BCUT2D eigenvalue weighted by molar-refractivity contribution is -0.128. The molecule has 0 bridgehead atoms. The Morgan fingerprint density at radius 1 is 1.03 bits per heavy atom. The summed E-state index contributed by atoms with van der Waals surface area (Å²) < 4.78 is 13.7. The van der Waals surface area contributed by atoms with Crippen LogP contribution in [0.15, 0.2) is 60.1 Å². The highest BCUT2D eigenvalue weighted by Crippen LogP contribution is 2.30. The van der Waals surface area contributed by atoms with Crippen molar-refractivity contribution in [1.29, 1.82) is 0 Å². The average Bonchev–Trinajstić information content (AvgIpc) is 3.29. The van der Waals surface area contributed by atoms with Gasteiger partial charge in [-0.25, -0.2) is 9.37 Å². The molecule has 3 rings (SSSR count). The minimum Gasteiger partial charge on any atom is -0.349 e. The van der Waals surface area contributed by atoms with Crippen molar-refractivity contribution in [2.45, 2.75) is 52.1 Å². The number of carbonyl (C=O) groups excluding carboxylic acids is 3. The molecule has 1 heterocycles. The molecule has 0 aliphatic heterocycles. The Hall–Kier alpha value is -3.59. The summed E-state index contributed by atoms with van der Waals surface area (Å²) in [6.07, 6.45) is 1.32. The van der Waals surface area contributed by atoms with Crippen LogP contribution in [0.5, 0.6) is 0 Å². The number of nitrogens with zero attached hydrogens (tertiary/aromatic N) is 2. The number of aryl methyl sites for hydroxylation is 1. The standard InChI is InChI=1S/C26H29FN4O3S/c1-17-5-7-18(8-6-17)23(24(34)30-26(2,3)4)31(20-11-9-19(27)10-12-20)22(33)14-13-21(32)29-25-28-15-16-35-25/h5-12,15-16,23H,13-14H2,1-4H3,(H,30,34)(H,28,29,32)/t23-/m0/s1. The first-order valence-electron chi connectivity index (χ1n) is 11.2. The largest absolute Gasteiger partial charge is 0.349 e. The van der Waals surface area contributed by atoms with E-state index in [-0.39, 0.29) is 24.7 Å². The second-order valence-corrected chi connectivity index (χ2v) is 10.1. The van der Waals surface area contributed by atoms with Crippen molar-refractivity contribution < 1.29 is 18.8 Å². The minimum absolute atomic E-state index is 0.0996. The van der Waals surface area contributed by atoms with Crippen LogP contribution in [0.25, 0.3) is 0 Å². The van der Waals surface area contributed by atoms with E-state index >= 15 is 0 Å². The van der Waals surface area contributed by atoms with Crippen LogP contribution < -0.4 is 15.5 Å². The van der Waals surface area contributed by atoms with Crippen molar-refractivity contribution in [1.82, 2.24) is 10.3 Å². The smallest absolute Gasteiger partial charge is 0.248 e. The molecule has 3 aromatic rings. The van der Waals surface area contributed by atoms with Crippen LogP contribution in [0.4, 0.5) is 15.2 Å². The molecule has 184 valence electrons. The summed E-state index contributed by atoms with van der Waals surface area (Å²) >= 11 is 1.28. The molecule has 2 aromatic carbocycles. The molecule has 0 fully saturated rings. The van der Waals surface area contributed by atoms with Gasteiger partial charge in [0.1, 0.15) is 11.9 Å². The first-order chi connectivity index (χ1) is 16.5.